The van der Waals surface area contributed by atoms with Gasteiger partial charge in [-0.1, -0.05) is 19.1 Å². The first-order chi connectivity index (χ1) is 9.10. The Hall–Kier alpha value is -1.39. The molecule has 0 aliphatic heterocycles. The largest absolute Gasteiger partial charge is 0.508 e. The lowest BCUT2D eigenvalue weighted by molar-refractivity contribution is 0.452. The quantitative estimate of drug-likeness (QED) is 0.869. The number of hydrogen-bond acceptors (Lipinski definition) is 4. The van der Waals surface area contributed by atoms with E-state index in [0.717, 1.165) is 17.1 Å². The molecule has 2 aromatic rings. The van der Waals surface area contributed by atoms with Crippen LogP contribution in [0.4, 0.5) is 0 Å². The monoisotopic (exact) mass is 276 g/mol. The minimum Gasteiger partial charge on any atom is -0.508 e. The summed E-state index contributed by atoms with van der Waals surface area (Å²) in [6, 6.07) is 7.92. The fraction of sp³-hybridized carbons (Fsp3) is 0.400. The molecular weight excluding hydrogens is 256 g/mol. The molecule has 0 aliphatic carbocycles. The van der Waals surface area contributed by atoms with Crippen LogP contribution >= 0.6 is 11.3 Å². The Kier molecular flexibility index (Phi) is 4.56. The number of nitrogens with one attached hydrogen (secondary N) is 1. The van der Waals surface area contributed by atoms with Gasteiger partial charge in [-0.15, -0.1) is 11.3 Å². The summed E-state index contributed by atoms with van der Waals surface area (Å²) in [6.45, 7) is 6.32. The van der Waals surface area contributed by atoms with Gasteiger partial charge in [0.15, 0.2) is 0 Å². The van der Waals surface area contributed by atoms with Crippen LogP contribution in [0.2, 0.25) is 0 Å². The van der Waals surface area contributed by atoms with Gasteiger partial charge in [-0.3, -0.25) is 0 Å². The van der Waals surface area contributed by atoms with E-state index in [-0.39, 0.29) is 12.1 Å². The molecule has 2 atom stereocenters. The zero-order chi connectivity index (χ0) is 13.8. The number of hydrogen-bond donors (Lipinski definition) is 2. The van der Waals surface area contributed by atoms with Crippen molar-refractivity contribution in [2.75, 3.05) is 0 Å². The molecule has 0 saturated heterocycles. The Bertz CT molecular complexity index is 521. The predicted octanol–water partition coefficient (Wildman–Crippen LogP) is 3.96. The second kappa shape index (κ2) is 6.17. The molecule has 0 saturated carbocycles. The van der Waals surface area contributed by atoms with Gasteiger partial charge < -0.3 is 10.4 Å². The van der Waals surface area contributed by atoms with E-state index in [2.05, 4.69) is 29.5 Å². The van der Waals surface area contributed by atoms with Crippen molar-refractivity contribution < 1.29 is 5.11 Å². The first-order valence-corrected chi connectivity index (χ1v) is 7.45. The van der Waals surface area contributed by atoms with Crippen molar-refractivity contribution in [2.24, 2.45) is 0 Å². The molecule has 0 radical (unpaired) electrons. The van der Waals surface area contributed by atoms with Crippen LogP contribution in [0.3, 0.4) is 0 Å². The Balaban J connectivity index is 2.08. The van der Waals surface area contributed by atoms with E-state index in [0.29, 0.717) is 5.75 Å². The highest BCUT2D eigenvalue weighted by atomic mass is 32.1. The summed E-state index contributed by atoms with van der Waals surface area (Å²) in [5.41, 5.74) is 2.27. The van der Waals surface area contributed by atoms with Crippen LogP contribution in [-0.4, -0.2) is 10.1 Å². The molecule has 0 bridgehead atoms. The van der Waals surface area contributed by atoms with E-state index < -0.39 is 0 Å². The molecule has 3 nitrogen and oxygen atoms in total. The first-order valence-electron chi connectivity index (χ1n) is 6.57. The summed E-state index contributed by atoms with van der Waals surface area (Å²) in [6.07, 6.45) is 0.999. The van der Waals surface area contributed by atoms with E-state index in [1.54, 1.807) is 23.5 Å². The summed E-state index contributed by atoms with van der Waals surface area (Å²) in [7, 11) is 0. The molecule has 19 heavy (non-hydrogen) atoms. The number of aryl methyl sites for hydroxylation is 1. The number of nitrogens with zero attached hydrogens (tertiary/aromatic N) is 1. The topological polar surface area (TPSA) is 45.2 Å². The molecular formula is C15H20N2OS. The predicted molar refractivity (Wildman–Crippen MR) is 79.5 cm³/mol. The minimum absolute atomic E-state index is 0.234. The lowest BCUT2D eigenvalue weighted by Gasteiger charge is -2.21. The van der Waals surface area contributed by atoms with Crippen molar-refractivity contribution >= 4 is 11.3 Å². The maximum absolute atomic E-state index is 9.35. The Labute approximate surface area is 118 Å². The van der Waals surface area contributed by atoms with Crippen molar-refractivity contribution in [3.8, 4) is 5.75 Å². The van der Waals surface area contributed by atoms with Gasteiger partial charge >= 0.3 is 0 Å². The van der Waals surface area contributed by atoms with Crippen LogP contribution in [0.1, 0.15) is 48.6 Å². The van der Waals surface area contributed by atoms with Gasteiger partial charge in [-0.05, 0) is 38.0 Å². The molecule has 2 N–H and O–H groups in total. The summed E-state index contributed by atoms with van der Waals surface area (Å²) < 4.78 is 0. The highest BCUT2D eigenvalue weighted by molar-refractivity contribution is 7.09. The van der Waals surface area contributed by atoms with Crippen molar-refractivity contribution in [1.29, 1.82) is 0 Å². The molecule has 1 aromatic carbocycles. The van der Waals surface area contributed by atoms with E-state index in [1.165, 1.54) is 5.56 Å². The molecule has 1 heterocycles. The van der Waals surface area contributed by atoms with Gasteiger partial charge in [0.2, 0.25) is 0 Å². The first kappa shape index (κ1) is 14.0. The minimum atomic E-state index is 0.234. The van der Waals surface area contributed by atoms with E-state index >= 15 is 0 Å². The van der Waals surface area contributed by atoms with E-state index in [9.17, 15) is 5.11 Å². The average Bonchev–Trinajstić information content (AvgIpc) is 2.84. The van der Waals surface area contributed by atoms with Crippen LogP contribution in [0, 0.1) is 6.92 Å². The van der Waals surface area contributed by atoms with Crippen molar-refractivity contribution in [1.82, 2.24) is 10.3 Å². The van der Waals surface area contributed by atoms with Gasteiger partial charge in [0, 0.05) is 17.1 Å². The smallest absolute Gasteiger partial charge is 0.115 e. The van der Waals surface area contributed by atoms with Crippen LogP contribution in [-0.2, 0) is 0 Å². The van der Waals surface area contributed by atoms with Crippen molar-refractivity contribution in [2.45, 2.75) is 39.3 Å². The molecule has 0 aliphatic rings. The number of phenolic OH excluding ortho intramolecular Hbond substituents is 1. The van der Waals surface area contributed by atoms with Gasteiger partial charge in [0.1, 0.15) is 10.8 Å². The molecule has 2 unspecified atom stereocenters. The Morgan fingerprint density at radius 1 is 1.32 bits per heavy atom. The van der Waals surface area contributed by atoms with Gasteiger partial charge in [0.25, 0.3) is 0 Å². The molecule has 102 valence electrons. The fourth-order valence-corrected chi connectivity index (χ4v) is 2.91. The normalized spacial score (nSPS) is 14.3. The second-order valence-corrected chi connectivity index (χ2v) is 5.66. The number of phenols is 1. The zero-order valence-corrected chi connectivity index (χ0v) is 12.4. The molecule has 1 aromatic heterocycles. The highest BCUT2D eigenvalue weighted by Crippen LogP contribution is 2.25. The van der Waals surface area contributed by atoms with Crippen LogP contribution in [0.25, 0.3) is 0 Å². The maximum atomic E-state index is 9.35. The zero-order valence-electron chi connectivity index (χ0n) is 11.6. The highest BCUT2D eigenvalue weighted by Gasteiger charge is 2.15. The van der Waals surface area contributed by atoms with E-state index in [4.69, 9.17) is 0 Å². The Morgan fingerprint density at radius 2 is 2.00 bits per heavy atom. The summed E-state index contributed by atoms with van der Waals surface area (Å²) in [5, 5.41) is 16.1. The summed E-state index contributed by atoms with van der Waals surface area (Å²) in [4.78, 5) is 4.52. The van der Waals surface area contributed by atoms with Crippen molar-refractivity contribution in [3.63, 3.8) is 0 Å². The second-order valence-electron chi connectivity index (χ2n) is 4.77. The molecule has 0 amide bonds. The number of aromatic hydroxyl groups is 1. The molecule has 4 heteroatoms. The Morgan fingerprint density at radius 3 is 2.53 bits per heavy atom. The third-order valence-electron chi connectivity index (χ3n) is 3.16. The van der Waals surface area contributed by atoms with Crippen molar-refractivity contribution in [3.05, 3.63) is 45.9 Å². The van der Waals surface area contributed by atoms with Crippen LogP contribution in [0.5, 0.6) is 5.75 Å². The molecule has 2 rings (SSSR count). The summed E-state index contributed by atoms with van der Waals surface area (Å²) in [5.74, 6) is 0.308. The molecule has 0 fully saturated rings. The average molecular weight is 276 g/mol. The molecule has 0 spiro atoms. The number of rotatable bonds is 5. The van der Waals surface area contributed by atoms with Crippen LogP contribution in [0.15, 0.2) is 29.6 Å². The number of thiazole rings is 1. The third kappa shape index (κ3) is 3.55. The fourth-order valence-electron chi connectivity index (χ4n) is 2.10. The maximum Gasteiger partial charge on any atom is 0.115 e. The SMILES string of the molecule is CCC(NC(C)c1nc(C)cs1)c1ccc(O)cc1. The van der Waals surface area contributed by atoms with Gasteiger partial charge in [-0.25, -0.2) is 4.98 Å². The number of benzene rings is 1. The van der Waals surface area contributed by atoms with Gasteiger partial charge in [0.05, 0.1) is 6.04 Å². The van der Waals surface area contributed by atoms with Crippen LogP contribution < -0.4 is 5.32 Å². The third-order valence-corrected chi connectivity index (χ3v) is 4.31. The number of aromatic nitrogens is 1. The van der Waals surface area contributed by atoms with E-state index in [1.807, 2.05) is 19.1 Å². The lowest BCUT2D eigenvalue weighted by Crippen LogP contribution is -2.24. The van der Waals surface area contributed by atoms with Gasteiger partial charge in [-0.2, -0.15) is 0 Å². The standard InChI is InChI=1S/C15H20N2OS/c1-4-14(12-5-7-13(18)8-6-12)17-11(3)15-16-10(2)9-19-15/h5-9,11,14,17-18H,4H2,1-3H3. The summed E-state index contributed by atoms with van der Waals surface area (Å²) >= 11 is 1.69. The lowest BCUT2D eigenvalue weighted by atomic mass is 10.0.